The van der Waals surface area contributed by atoms with Crippen LogP contribution < -0.4 is 0 Å². The van der Waals surface area contributed by atoms with Crippen molar-refractivity contribution in [3.8, 4) is 6.07 Å². The highest BCUT2D eigenvalue weighted by atomic mass is 35.5. The smallest absolute Gasteiger partial charge is 0.428 e. The minimum absolute atomic E-state index is 0.0580. The summed E-state index contributed by atoms with van der Waals surface area (Å²) in [5, 5.41) is 18.3. The van der Waals surface area contributed by atoms with Crippen LogP contribution in [0.25, 0.3) is 0 Å². The van der Waals surface area contributed by atoms with E-state index in [9.17, 15) is 31.4 Å². The van der Waals surface area contributed by atoms with Crippen molar-refractivity contribution in [1.29, 1.82) is 5.26 Å². The van der Waals surface area contributed by atoms with Gasteiger partial charge >= 0.3 is 12.4 Å². The molecule has 1 N–H and O–H groups in total. The van der Waals surface area contributed by atoms with E-state index in [1.165, 1.54) is 6.07 Å². The van der Waals surface area contributed by atoms with Crippen LogP contribution in [-0.4, -0.2) is 11.3 Å². The summed E-state index contributed by atoms with van der Waals surface area (Å²) in [6.45, 7) is 0. The topological polar surface area (TPSA) is 57.2 Å². The maximum Gasteiger partial charge on any atom is 0.428 e. The molecule has 1 aromatic carbocycles. The molecule has 2 rings (SSSR count). The van der Waals surface area contributed by atoms with Crippen LogP contribution in [0.5, 0.6) is 0 Å². The van der Waals surface area contributed by atoms with E-state index < -0.39 is 45.6 Å². The zero-order valence-corrected chi connectivity index (χ0v) is 12.1. The van der Waals surface area contributed by atoms with Crippen LogP contribution in [0.1, 0.15) is 22.5 Å². The summed E-state index contributed by atoms with van der Waals surface area (Å²) in [6, 6.07) is 4.00. The number of hydrogen-bond donors (Lipinski definition) is 1. The number of nitriles is 1. The molecule has 1 atom stereocenters. The Balaban J connectivity index is 2.76. The molecule has 0 saturated heterocycles. The number of nitrogens with zero attached hydrogens (tertiary/aromatic N) is 1. The molecule has 128 valence electrons. The van der Waals surface area contributed by atoms with Gasteiger partial charge in [-0.15, -0.1) is 0 Å². The molecule has 1 unspecified atom stereocenters. The number of aliphatic hydroxyl groups is 1. The van der Waals surface area contributed by atoms with Crippen LogP contribution in [0.3, 0.4) is 0 Å². The lowest BCUT2D eigenvalue weighted by molar-refractivity contribution is -0.254. The third-order valence-electron chi connectivity index (χ3n) is 3.20. The second-order valence-electron chi connectivity index (χ2n) is 4.68. The molecule has 24 heavy (non-hydrogen) atoms. The molecule has 10 heteroatoms. The largest absolute Gasteiger partial charge is 0.446 e. The van der Waals surface area contributed by atoms with Crippen LogP contribution in [0, 0.1) is 11.3 Å². The van der Waals surface area contributed by atoms with Gasteiger partial charge in [-0.1, -0.05) is 6.07 Å². The Morgan fingerprint density at radius 3 is 2.08 bits per heavy atom. The molecule has 3 nitrogen and oxygen atoms in total. The highest BCUT2D eigenvalue weighted by Crippen LogP contribution is 2.46. The molecule has 0 saturated carbocycles. The SMILES string of the molecule is N#Cc1ccc(C(O)(c2ccc(Cl)o2)C(F)(F)F)cc1C(F)(F)F. The van der Waals surface area contributed by atoms with E-state index in [2.05, 4.69) is 4.42 Å². The van der Waals surface area contributed by atoms with E-state index in [1.807, 2.05) is 0 Å². The summed E-state index contributed by atoms with van der Waals surface area (Å²) in [5.41, 5.74) is -7.52. The molecule has 0 bridgehead atoms. The lowest BCUT2D eigenvalue weighted by atomic mass is 9.88. The minimum atomic E-state index is -5.41. The summed E-state index contributed by atoms with van der Waals surface area (Å²) >= 11 is 5.39. The summed E-state index contributed by atoms with van der Waals surface area (Å²) in [4.78, 5) is 0. The second-order valence-corrected chi connectivity index (χ2v) is 5.05. The molecule has 1 heterocycles. The molecule has 0 fully saturated rings. The normalized spacial score (nSPS) is 15.0. The lowest BCUT2D eigenvalue weighted by Gasteiger charge is -2.29. The first-order chi connectivity index (χ1) is 10.9. The maximum absolute atomic E-state index is 13.4. The number of furan rings is 1. The van der Waals surface area contributed by atoms with Crippen molar-refractivity contribution in [2.45, 2.75) is 18.0 Å². The van der Waals surface area contributed by atoms with Crippen molar-refractivity contribution >= 4 is 11.6 Å². The van der Waals surface area contributed by atoms with E-state index in [0.29, 0.717) is 18.2 Å². The zero-order chi connectivity index (χ0) is 18.3. The monoisotopic (exact) mass is 369 g/mol. The highest BCUT2D eigenvalue weighted by Gasteiger charge is 2.59. The van der Waals surface area contributed by atoms with Crippen molar-refractivity contribution in [3.63, 3.8) is 0 Å². The van der Waals surface area contributed by atoms with Gasteiger partial charge in [-0.3, -0.25) is 0 Å². The Morgan fingerprint density at radius 1 is 1.04 bits per heavy atom. The third-order valence-corrected chi connectivity index (χ3v) is 3.41. The predicted molar refractivity (Wildman–Crippen MR) is 68.9 cm³/mol. The summed E-state index contributed by atoms with van der Waals surface area (Å²) in [6.07, 6.45) is -10.5. The van der Waals surface area contributed by atoms with Crippen LogP contribution in [0.15, 0.2) is 34.7 Å². The maximum atomic E-state index is 13.4. The van der Waals surface area contributed by atoms with Gasteiger partial charge in [0.15, 0.2) is 11.0 Å². The van der Waals surface area contributed by atoms with Crippen LogP contribution in [0.2, 0.25) is 5.22 Å². The first kappa shape index (κ1) is 18.2. The van der Waals surface area contributed by atoms with Crippen molar-refractivity contribution in [2.24, 2.45) is 0 Å². The Labute approximate surface area is 135 Å². The average molecular weight is 370 g/mol. The van der Waals surface area contributed by atoms with Crippen molar-refractivity contribution < 1.29 is 35.9 Å². The van der Waals surface area contributed by atoms with E-state index in [0.717, 1.165) is 6.07 Å². The Morgan fingerprint density at radius 2 is 1.67 bits per heavy atom. The van der Waals surface area contributed by atoms with Gasteiger partial charge in [0, 0.05) is 5.56 Å². The number of alkyl halides is 6. The molecule has 1 aromatic heterocycles. The Bertz CT molecular complexity index is 805. The molecule has 0 radical (unpaired) electrons. The standard InChI is InChI=1S/C14H6ClF6NO2/c15-11-4-3-10(24-11)12(23,14(19,20)21)8-2-1-7(6-22)9(5-8)13(16,17)18/h1-5,23H. The van der Waals surface area contributed by atoms with Crippen LogP contribution in [0.4, 0.5) is 26.3 Å². The van der Waals surface area contributed by atoms with E-state index in [1.54, 1.807) is 0 Å². The number of benzene rings is 1. The highest BCUT2D eigenvalue weighted by molar-refractivity contribution is 6.28. The van der Waals surface area contributed by atoms with Crippen molar-refractivity contribution in [2.75, 3.05) is 0 Å². The van der Waals surface area contributed by atoms with Gasteiger partial charge in [0.2, 0.25) is 5.60 Å². The van der Waals surface area contributed by atoms with Gasteiger partial charge in [0.1, 0.15) is 0 Å². The fraction of sp³-hybridized carbons (Fsp3) is 0.214. The second kappa shape index (κ2) is 5.72. The molecule has 0 aliphatic carbocycles. The zero-order valence-electron chi connectivity index (χ0n) is 11.3. The average Bonchev–Trinajstić information content (AvgIpc) is 2.90. The van der Waals surface area contributed by atoms with Gasteiger partial charge in [-0.2, -0.15) is 31.6 Å². The quantitative estimate of drug-likeness (QED) is 0.786. The summed E-state index contributed by atoms with van der Waals surface area (Å²) < 4.78 is 83.6. The molecular weight excluding hydrogens is 364 g/mol. The fourth-order valence-corrected chi connectivity index (χ4v) is 2.20. The molecule has 0 aliphatic heterocycles. The first-order valence-corrected chi connectivity index (χ1v) is 6.46. The lowest BCUT2D eigenvalue weighted by Crippen LogP contribution is -2.43. The van der Waals surface area contributed by atoms with Crippen LogP contribution >= 0.6 is 11.6 Å². The van der Waals surface area contributed by atoms with Gasteiger partial charge in [-0.25, -0.2) is 0 Å². The van der Waals surface area contributed by atoms with Crippen molar-refractivity contribution in [1.82, 2.24) is 0 Å². The van der Waals surface area contributed by atoms with Gasteiger partial charge in [-0.05, 0) is 35.9 Å². The molecular formula is C14H6ClF6NO2. The van der Waals surface area contributed by atoms with E-state index in [-0.39, 0.29) is 6.07 Å². The van der Waals surface area contributed by atoms with Gasteiger partial charge in [0.25, 0.3) is 0 Å². The third kappa shape index (κ3) is 2.95. The molecule has 2 aromatic rings. The molecule has 0 aliphatic rings. The molecule has 0 amide bonds. The Kier molecular flexibility index (Phi) is 4.33. The number of halogens is 7. The van der Waals surface area contributed by atoms with Gasteiger partial charge < -0.3 is 9.52 Å². The van der Waals surface area contributed by atoms with E-state index >= 15 is 0 Å². The Hall–Kier alpha value is -2.18. The molecule has 0 spiro atoms. The van der Waals surface area contributed by atoms with Gasteiger partial charge in [0.05, 0.1) is 17.2 Å². The predicted octanol–water partition coefficient (Wildman–Crippen LogP) is 4.62. The summed E-state index contributed by atoms with van der Waals surface area (Å²) in [5.74, 6) is -1.10. The minimum Gasteiger partial charge on any atom is -0.446 e. The van der Waals surface area contributed by atoms with Crippen LogP contribution in [-0.2, 0) is 11.8 Å². The van der Waals surface area contributed by atoms with Crippen molar-refractivity contribution in [3.05, 3.63) is 58.0 Å². The number of rotatable bonds is 2. The summed E-state index contributed by atoms with van der Waals surface area (Å²) in [7, 11) is 0. The fourth-order valence-electron chi connectivity index (χ4n) is 2.06. The first-order valence-electron chi connectivity index (χ1n) is 6.08. The van der Waals surface area contributed by atoms with E-state index in [4.69, 9.17) is 16.9 Å². The number of hydrogen-bond acceptors (Lipinski definition) is 3.